The van der Waals surface area contributed by atoms with E-state index >= 15 is 0 Å². The number of halogens is 1. The van der Waals surface area contributed by atoms with Crippen LogP contribution in [0.3, 0.4) is 0 Å². The number of hydrogen-bond acceptors (Lipinski definition) is 5. The number of aryl methyl sites for hydroxylation is 1. The smallest absolute Gasteiger partial charge is 0.150 e. The van der Waals surface area contributed by atoms with Crippen molar-refractivity contribution >= 4 is 28.7 Å². The molecule has 0 radical (unpaired) electrons. The van der Waals surface area contributed by atoms with Crippen LogP contribution in [0.5, 0.6) is 0 Å². The van der Waals surface area contributed by atoms with E-state index in [2.05, 4.69) is 15.0 Å². The highest BCUT2D eigenvalue weighted by atomic mass is 32.2. The van der Waals surface area contributed by atoms with E-state index in [0.29, 0.717) is 11.2 Å². The molecule has 3 rings (SSSR count). The Bertz CT molecular complexity index is 729. The zero-order chi connectivity index (χ0) is 13.2. The second-order valence-corrected chi connectivity index (χ2v) is 4.87. The van der Waals surface area contributed by atoms with Gasteiger partial charge in [0.15, 0.2) is 5.52 Å². The van der Waals surface area contributed by atoms with E-state index in [1.54, 1.807) is 18.2 Å². The monoisotopic (exact) mass is 275 g/mol. The quantitative estimate of drug-likeness (QED) is 0.737. The van der Waals surface area contributed by atoms with Crippen LogP contribution in [0.1, 0.15) is 5.56 Å². The van der Waals surface area contributed by atoms with Gasteiger partial charge in [0.1, 0.15) is 11.3 Å². The molecule has 96 valence electrons. The standard InChI is InChI=1S/C13H10FN3OS/c1-8-6-7-11(13-12(8)15-18-16-13)19-17-10-5-3-2-4-9(10)14/h2-7,17H,1H3. The summed E-state index contributed by atoms with van der Waals surface area (Å²) in [7, 11) is 0. The summed E-state index contributed by atoms with van der Waals surface area (Å²) in [5.74, 6) is -0.295. The third-order valence-electron chi connectivity index (χ3n) is 2.72. The number of nitrogens with one attached hydrogen (secondary N) is 1. The van der Waals surface area contributed by atoms with Gasteiger partial charge in [-0.3, -0.25) is 0 Å². The summed E-state index contributed by atoms with van der Waals surface area (Å²) in [4.78, 5) is 0.838. The SMILES string of the molecule is Cc1ccc(SNc2ccccc2F)c2nonc12. The molecule has 3 aromatic rings. The van der Waals surface area contributed by atoms with E-state index in [9.17, 15) is 4.39 Å². The number of rotatable bonds is 3. The Balaban J connectivity index is 1.88. The Morgan fingerprint density at radius 1 is 1.11 bits per heavy atom. The molecule has 19 heavy (non-hydrogen) atoms. The second-order valence-electron chi connectivity index (χ2n) is 4.03. The van der Waals surface area contributed by atoms with Crippen molar-refractivity contribution in [3.05, 3.63) is 47.8 Å². The van der Waals surface area contributed by atoms with Gasteiger partial charge >= 0.3 is 0 Å². The van der Waals surface area contributed by atoms with Crippen molar-refractivity contribution in [3.8, 4) is 0 Å². The first-order chi connectivity index (χ1) is 9.25. The largest absolute Gasteiger partial charge is 0.323 e. The van der Waals surface area contributed by atoms with Crippen molar-refractivity contribution < 1.29 is 9.02 Å². The van der Waals surface area contributed by atoms with Crippen molar-refractivity contribution in [1.82, 2.24) is 10.3 Å². The van der Waals surface area contributed by atoms with Crippen LogP contribution in [0.2, 0.25) is 0 Å². The number of nitrogens with zero attached hydrogens (tertiary/aromatic N) is 2. The fourth-order valence-corrected chi connectivity index (χ4v) is 2.46. The third-order valence-corrected chi connectivity index (χ3v) is 3.60. The van der Waals surface area contributed by atoms with E-state index < -0.39 is 0 Å². The summed E-state index contributed by atoms with van der Waals surface area (Å²) in [6.07, 6.45) is 0. The van der Waals surface area contributed by atoms with Crippen molar-refractivity contribution in [2.45, 2.75) is 11.8 Å². The summed E-state index contributed by atoms with van der Waals surface area (Å²) < 4.78 is 21.2. The lowest BCUT2D eigenvalue weighted by atomic mass is 10.2. The van der Waals surface area contributed by atoms with Gasteiger partial charge in [-0.2, -0.15) is 0 Å². The Morgan fingerprint density at radius 2 is 1.89 bits per heavy atom. The van der Waals surface area contributed by atoms with E-state index in [0.717, 1.165) is 16.0 Å². The average molecular weight is 275 g/mol. The summed E-state index contributed by atoms with van der Waals surface area (Å²) in [6, 6.07) is 10.3. The maximum absolute atomic E-state index is 13.5. The highest BCUT2D eigenvalue weighted by Crippen LogP contribution is 2.29. The molecule has 0 atom stereocenters. The lowest BCUT2D eigenvalue weighted by Gasteiger charge is -2.06. The minimum atomic E-state index is -0.295. The normalized spacial score (nSPS) is 10.8. The van der Waals surface area contributed by atoms with E-state index in [-0.39, 0.29) is 5.82 Å². The molecule has 0 aliphatic rings. The molecule has 6 heteroatoms. The molecule has 0 bridgehead atoms. The van der Waals surface area contributed by atoms with Crippen LogP contribution in [0.15, 0.2) is 45.9 Å². The lowest BCUT2D eigenvalue weighted by Crippen LogP contribution is -1.91. The Hall–Kier alpha value is -2.08. The molecule has 1 N–H and O–H groups in total. The molecule has 0 saturated heterocycles. The molecule has 1 aromatic heterocycles. The molecular weight excluding hydrogens is 265 g/mol. The lowest BCUT2D eigenvalue weighted by molar-refractivity contribution is 0.315. The number of para-hydroxylation sites is 1. The van der Waals surface area contributed by atoms with Gasteiger partial charge in [-0.1, -0.05) is 18.2 Å². The van der Waals surface area contributed by atoms with Crippen molar-refractivity contribution in [2.75, 3.05) is 4.72 Å². The van der Waals surface area contributed by atoms with Gasteiger partial charge in [-0.05, 0) is 52.9 Å². The maximum atomic E-state index is 13.5. The van der Waals surface area contributed by atoms with Crippen LogP contribution in [-0.2, 0) is 0 Å². The number of anilines is 1. The maximum Gasteiger partial charge on any atom is 0.150 e. The first kappa shape index (κ1) is 12.0. The molecule has 0 fully saturated rings. The van der Waals surface area contributed by atoms with Crippen LogP contribution in [0, 0.1) is 12.7 Å². The van der Waals surface area contributed by atoms with E-state index in [1.807, 2.05) is 19.1 Å². The molecule has 4 nitrogen and oxygen atoms in total. The van der Waals surface area contributed by atoms with Gasteiger partial charge in [0, 0.05) is 0 Å². The number of benzene rings is 2. The van der Waals surface area contributed by atoms with Crippen molar-refractivity contribution in [1.29, 1.82) is 0 Å². The van der Waals surface area contributed by atoms with Crippen LogP contribution >= 0.6 is 11.9 Å². The zero-order valence-corrected chi connectivity index (χ0v) is 10.9. The predicted molar refractivity (Wildman–Crippen MR) is 72.4 cm³/mol. The predicted octanol–water partition coefficient (Wildman–Crippen LogP) is 3.79. The van der Waals surface area contributed by atoms with Gasteiger partial charge in [-0.25, -0.2) is 9.02 Å². The van der Waals surface area contributed by atoms with Gasteiger partial charge in [0.25, 0.3) is 0 Å². The summed E-state index contributed by atoms with van der Waals surface area (Å²) in [6.45, 7) is 1.94. The molecule has 0 saturated carbocycles. The second kappa shape index (κ2) is 4.89. The van der Waals surface area contributed by atoms with Crippen LogP contribution < -0.4 is 4.72 Å². The third kappa shape index (κ3) is 2.26. The minimum Gasteiger partial charge on any atom is -0.323 e. The molecule has 1 heterocycles. The number of aromatic nitrogens is 2. The molecule has 0 unspecified atom stereocenters. The van der Waals surface area contributed by atoms with Crippen molar-refractivity contribution in [3.63, 3.8) is 0 Å². The fraction of sp³-hybridized carbons (Fsp3) is 0.0769. The number of fused-ring (bicyclic) bond motifs is 1. The summed E-state index contributed by atoms with van der Waals surface area (Å²) in [5, 5.41) is 7.72. The van der Waals surface area contributed by atoms with Crippen LogP contribution in [0.4, 0.5) is 10.1 Å². The molecule has 0 aliphatic carbocycles. The highest BCUT2D eigenvalue weighted by Gasteiger charge is 2.10. The topological polar surface area (TPSA) is 51.0 Å². The van der Waals surface area contributed by atoms with Gasteiger partial charge in [0.05, 0.1) is 10.6 Å². The van der Waals surface area contributed by atoms with Crippen LogP contribution in [-0.4, -0.2) is 10.3 Å². The molecule has 0 amide bonds. The van der Waals surface area contributed by atoms with E-state index in [1.165, 1.54) is 18.0 Å². The summed E-state index contributed by atoms with van der Waals surface area (Å²) >= 11 is 1.28. The molecule has 0 spiro atoms. The first-order valence-electron chi connectivity index (χ1n) is 5.65. The fourth-order valence-electron chi connectivity index (χ4n) is 1.70. The van der Waals surface area contributed by atoms with Gasteiger partial charge in [-0.15, -0.1) is 0 Å². The highest BCUT2D eigenvalue weighted by molar-refractivity contribution is 8.00. The minimum absolute atomic E-state index is 0.295. The molecule has 0 aliphatic heterocycles. The first-order valence-corrected chi connectivity index (χ1v) is 6.46. The van der Waals surface area contributed by atoms with Gasteiger partial charge < -0.3 is 4.72 Å². The number of hydrogen-bond donors (Lipinski definition) is 1. The summed E-state index contributed by atoms with van der Waals surface area (Å²) in [5.41, 5.74) is 2.82. The Labute approximate surface area is 113 Å². The molecule has 2 aromatic carbocycles. The Kier molecular flexibility index (Phi) is 3.08. The van der Waals surface area contributed by atoms with Crippen LogP contribution in [0.25, 0.3) is 11.0 Å². The Morgan fingerprint density at radius 3 is 2.74 bits per heavy atom. The molecular formula is C13H10FN3OS. The van der Waals surface area contributed by atoms with Gasteiger partial charge in [0.2, 0.25) is 0 Å². The van der Waals surface area contributed by atoms with E-state index in [4.69, 9.17) is 4.63 Å². The average Bonchev–Trinajstić information content (AvgIpc) is 2.90. The zero-order valence-electron chi connectivity index (χ0n) is 10.1. The van der Waals surface area contributed by atoms with Crippen molar-refractivity contribution in [2.24, 2.45) is 0 Å².